The van der Waals surface area contributed by atoms with Gasteiger partial charge in [0, 0.05) is 0 Å². The predicted molar refractivity (Wildman–Crippen MR) is 66.2 cm³/mol. The number of alkyl halides is 3. The van der Waals surface area contributed by atoms with Crippen LogP contribution in [0.4, 0.5) is 18.9 Å². The first kappa shape index (κ1) is 14.8. The van der Waals surface area contributed by atoms with Gasteiger partial charge >= 0.3 is 6.18 Å². The van der Waals surface area contributed by atoms with Crippen LogP contribution in [0.2, 0.25) is 0 Å². The quantitative estimate of drug-likeness (QED) is 0.834. The molecule has 1 heterocycles. The fraction of sp³-hybridized carbons (Fsp3) is 0.300. The van der Waals surface area contributed by atoms with Crippen LogP contribution in [0.5, 0.6) is 0 Å². The topological polar surface area (TPSA) is 47.9 Å². The van der Waals surface area contributed by atoms with E-state index in [1.807, 2.05) is 0 Å². The lowest BCUT2D eigenvalue weighted by molar-refractivity contribution is -0.136. The normalized spacial score (nSPS) is 15.1. The van der Waals surface area contributed by atoms with Crippen molar-refractivity contribution in [3.05, 3.63) is 29.8 Å². The van der Waals surface area contributed by atoms with E-state index < -0.39 is 11.7 Å². The Bertz CT molecular complexity index is 450. The minimum atomic E-state index is -4.44. The van der Waals surface area contributed by atoms with Crippen LogP contribution in [0.15, 0.2) is 29.3 Å². The van der Waals surface area contributed by atoms with Crippen molar-refractivity contribution in [1.29, 1.82) is 0 Å². The monoisotopic (exact) mass is 325 g/mol. The highest BCUT2D eigenvalue weighted by molar-refractivity contribution is 8.93. The molecule has 0 aliphatic carbocycles. The molecule has 1 aromatic carbocycles. The maximum atomic E-state index is 12.7. The fourth-order valence-corrected chi connectivity index (χ4v) is 1.50. The van der Waals surface area contributed by atoms with Gasteiger partial charge in [-0.2, -0.15) is 13.2 Å². The minimum absolute atomic E-state index is 0. The van der Waals surface area contributed by atoms with Crippen molar-refractivity contribution < 1.29 is 18.4 Å². The maximum absolute atomic E-state index is 12.7. The molecule has 0 saturated heterocycles. The van der Waals surface area contributed by atoms with Crippen LogP contribution < -0.4 is 5.32 Å². The highest BCUT2D eigenvalue weighted by atomic mass is 79.9. The second-order valence-electron chi connectivity index (χ2n) is 3.50. The Kier molecular flexibility index (Phi) is 4.58. The molecule has 2 rings (SSSR count). The summed E-state index contributed by atoms with van der Waals surface area (Å²) >= 11 is 0. The van der Waals surface area contributed by atoms with Gasteiger partial charge in [-0.3, -0.25) is 5.21 Å². The van der Waals surface area contributed by atoms with Gasteiger partial charge in [0.05, 0.1) is 24.3 Å². The van der Waals surface area contributed by atoms with E-state index in [9.17, 15) is 18.4 Å². The molecular formula is C10H11BrF3N3O. The zero-order valence-electron chi connectivity index (χ0n) is 9.11. The molecule has 1 aliphatic rings. The number of guanidine groups is 1. The molecule has 0 spiro atoms. The molecule has 2 N–H and O–H groups in total. The number of nitrogens with one attached hydrogen (secondary N) is 1. The molecular weight excluding hydrogens is 315 g/mol. The molecule has 0 atom stereocenters. The number of para-hydroxylation sites is 1. The lowest BCUT2D eigenvalue weighted by Crippen LogP contribution is -2.30. The molecule has 0 unspecified atom stereocenters. The van der Waals surface area contributed by atoms with Crippen LogP contribution in [0.3, 0.4) is 0 Å². The van der Waals surface area contributed by atoms with Crippen molar-refractivity contribution in [2.24, 2.45) is 4.99 Å². The molecule has 8 heteroatoms. The van der Waals surface area contributed by atoms with Crippen molar-refractivity contribution in [2.75, 3.05) is 18.4 Å². The van der Waals surface area contributed by atoms with E-state index in [4.69, 9.17) is 0 Å². The van der Waals surface area contributed by atoms with Crippen molar-refractivity contribution in [1.82, 2.24) is 5.06 Å². The summed E-state index contributed by atoms with van der Waals surface area (Å²) in [5, 5.41) is 12.6. The molecule has 4 nitrogen and oxygen atoms in total. The fourth-order valence-electron chi connectivity index (χ4n) is 1.50. The number of hydrogen-bond donors (Lipinski definition) is 2. The molecule has 18 heavy (non-hydrogen) atoms. The van der Waals surface area contributed by atoms with E-state index in [1.54, 1.807) is 0 Å². The Morgan fingerprint density at radius 1 is 1.28 bits per heavy atom. The third kappa shape index (κ3) is 3.14. The minimum Gasteiger partial charge on any atom is -0.324 e. The summed E-state index contributed by atoms with van der Waals surface area (Å²) in [7, 11) is 0. The highest BCUT2D eigenvalue weighted by Crippen LogP contribution is 2.34. The van der Waals surface area contributed by atoms with Crippen molar-refractivity contribution in [3.63, 3.8) is 0 Å². The SMILES string of the molecule is Br.ON1CCN=C1Nc1ccccc1C(F)(F)F. The number of anilines is 1. The van der Waals surface area contributed by atoms with Gasteiger partial charge in [-0.15, -0.1) is 17.0 Å². The van der Waals surface area contributed by atoms with E-state index in [0.29, 0.717) is 6.54 Å². The van der Waals surface area contributed by atoms with Gasteiger partial charge in [0.2, 0.25) is 5.96 Å². The van der Waals surface area contributed by atoms with E-state index in [2.05, 4.69) is 10.3 Å². The molecule has 0 aromatic heterocycles. The van der Waals surface area contributed by atoms with Gasteiger partial charge in [-0.05, 0) is 12.1 Å². The lowest BCUT2D eigenvalue weighted by Gasteiger charge is -2.17. The van der Waals surface area contributed by atoms with Crippen LogP contribution in [0, 0.1) is 0 Å². The molecule has 0 amide bonds. The highest BCUT2D eigenvalue weighted by Gasteiger charge is 2.33. The first-order valence-electron chi connectivity index (χ1n) is 4.92. The predicted octanol–water partition coefficient (Wildman–Crippen LogP) is 2.76. The van der Waals surface area contributed by atoms with Crippen LogP contribution in [0.25, 0.3) is 0 Å². The number of hydroxylamine groups is 2. The van der Waals surface area contributed by atoms with Crippen molar-refractivity contribution in [2.45, 2.75) is 6.18 Å². The van der Waals surface area contributed by atoms with Crippen molar-refractivity contribution >= 4 is 28.6 Å². The smallest absolute Gasteiger partial charge is 0.324 e. The van der Waals surface area contributed by atoms with Crippen LogP contribution in [-0.2, 0) is 6.18 Å². The van der Waals surface area contributed by atoms with Crippen LogP contribution in [-0.4, -0.2) is 29.3 Å². The Morgan fingerprint density at radius 3 is 2.50 bits per heavy atom. The molecule has 1 aliphatic heterocycles. The zero-order valence-corrected chi connectivity index (χ0v) is 10.8. The summed E-state index contributed by atoms with van der Waals surface area (Å²) in [6, 6.07) is 5.05. The number of halogens is 4. The summed E-state index contributed by atoms with van der Waals surface area (Å²) in [6.45, 7) is 0.629. The van der Waals surface area contributed by atoms with E-state index in [-0.39, 0.29) is 35.2 Å². The van der Waals surface area contributed by atoms with Gasteiger partial charge in [0.1, 0.15) is 0 Å². The Hall–Kier alpha value is -1.28. The Labute approximate surface area is 112 Å². The van der Waals surface area contributed by atoms with Gasteiger partial charge < -0.3 is 5.32 Å². The summed E-state index contributed by atoms with van der Waals surface area (Å²) in [5.41, 5.74) is -0.914. The standard InChI is InChI=1S/C10H10F3N3O.BrH/c11-10(12,13)7-3-1-2-4-8(7)15-9-14-5-6-16(9)17;/h1-4,17H,5-6H2,(H,14,15);1H. The summed E-state index contributed by atoms with van der Waals surface area (Å²) < 4.78 is 38.0. The summed E-state index contributed by atoms with van der Waals surface area (Å²) in [6.07, 6.45) is -4.44. The van der Waals surface area contributed by atoms with Crippen LogP contribution >= 0.6 is 17.0 Å². The Balaban J connectivity index is 0.00000162. The van der Waals surface area contributed by atoms with E-state index >= 15 is 0 Å². The molecule has 0 bridgehead atoms. The molecule has 100 valence electrons. The third-order valence-corrected chi connectivity index (χ3v) is 2.30. The van der Waals surface area contributed by atoms with Crippen molar-refractivity contribution in [3.8, 4) is 0 Å². The average Bonchev–Trinajstić information content (AvgIpc) is 2.64. The Morgan fingerprint density at radius 2 is 1.94 bits per heavy atom. The maximum Gasteiger partial charge on any atom is 0.418 e. The number of hydrogen-bond acceptors (Lipinski definition) is 4. The molecule has 0 fully saturated rings. The molecule has 0 saturated carbocycles. The zero-order chi connectivity index (χ0) is 12.5. The lowest BCUT2D eigenvalue weighted by atomic mass is 10.1. The van der Waals surface area contributed by atoms with Gasteiger partial charge in [-0.1, -0.05) is 12.1 Å². The molecule has 0 radical (unpaired) electrons. The average molecular weight is 326 g/mol. The number of nitrogens with zero attached hydrogens (tertiary/aromatic N) is 2. The largest absolute Gasteiger partial charge is 0.418 e. The third-order valence-electron chi connectivity index (χ3n) is 2.30. The first-order chi connectivity index (χ1) is 7.98. The van der Waals surface area contributed by atoms with Crippen LogP contribution in [0.1, 0.15) is 5.56 Å². The van der Waals surface area contributed by atoms with E-state index in [0.717, 1.165) is 11.1 Å². The number of aliphatic imine (C=N–C) groups is 1. The summed E-state index contributed by atoms with van der Waals surface area (Å²) in [4.78, 5) is 3.85. The number of rotatable bonds is 1. The summed E-state index contributed by atoms with van der Waals surface area (Å²) in [5.74, 6) is 0.0294. The van der Waals surface area contributed by atoms with Gasteiger partial charge in [0.15, 0.2) is 0 Å². The van der Waals surface area contributed by atoms with Gasteiger partial charge in [0.25, 0.3) is 0 Å². The number of benzene rings is 1. The second-order valence-corrected chi connectivity index (χ2v) is 3.50. The first-order valence-corrected chi connectivity index (χ1v) is 4.92. The van der Waals surface area contributed by atoms with Gasteiger partial charge in [-0.25, -0.2) is 10.1 Å². The molecule has 1 aromatic rings. The second kappa shape index (κ2) is 5.57. The van der Waals surface area contributed by atoms with E-state index in [1.165, 1.54) is 18.2 Å².